The number of alkyl halides is 4. The van der Waals surface area contributed by atoms with Crippen molar-refractivity contribution in [3.05, 3.63) is 48.7 Å². The highest BCUT2D eigenvalue weighted by molar-refractivity contribution is 5.65. The topological polar surface area (TPSA) is 85.8 Å². The molecule has 0 spiro atoms. The first-order chi connectivity index (χ1) is 14.3. The molecule has 8 nitrogen and oxygen atoms in total. The molecule has 156 valence electrons. The molecule has 0 saturated carbocycles. The predicted octanol–water partition coefficient (Wildman–Crippen LogP) is 3.35. The second-order valence-electron chi connectivity index (χ2n) is 6.59. The molecule has 0 amide bonds. The Bertz CT molecular complexity index is 1170. The molecule has 12 heteroatoms. The Balaban J connectivity index is 1.60. The molecule has 1 unspecified atom stereocenters. The second-order valence-corrected chi connectivity index (χ2v) is 6.59. The van der Waals surface area contributed by atoms with Gasteiger partial charge in [0.2, 0.25) is 5.95 Å². The van der Waals surface area contributed by atoms with E-state index in [1.165, 1.54) is 4.40 Å². The molecule has 0 aliphatic rings. The highest BCUT2D eigenvalue weighted by Gasteiger charge is 2.40. The average molecular weight is 420 g/mol. The fraction of sp³-hybridized carbons (Fsp3) is 0.278. The van der Waals surface area contributed by atoms with Crippen LogP contribution in [0, 0.1) is 5.92 Å². The van der Waals surface area contributed by atoms with Gasteiger partial charge in [0, 0.05) is 37.5 Å². The maximum Gasteiger partial charge on any atom is 0.394 e. The van der Waals surface area contributed by atoms with Gasteiger partial charge in [0.05, 0.1) is 17.8 Å². The monoisotopic (exact) mass is 420 g/mol. The predicted molar refractivity (Wildman–Crippen MR) is 99.7 cm³/mol. The molecule has 0 aromatic carbocycles. The number of aromatic nitrogens is 7. The molecule has 0 fully saturated rings. The van der Waals surface area contributed by atoms with Gasteiger partial charge in [-0.2, -0.15) is 18.3 Å². The smallest absolute Gasteiger partial charge is 0.309 e. The molecule has 4 heterocycles. The van der Waals surface area contributed by atoms with E-state index in [0.29, 0.717) is 28.7 Å². The van der Waals surface area contributed by atoms with Gasteiger partial charge in [-0.15, -0.1) is 10.2 Å². The molecule has 4 rings (SSSR count). The lowest BCUT2D eigenvalue weighted by Gasteiger charge is -2.15. The SMILES string of the molecule is Cn1nccc1Nc1nccc(-c2ccn3c(CC(CF)C(F)(F)F)nnc3c2)n1. The van der Waals surface area contributed by atoms with Crippen molar-refractivity contribution in [3.8, 4) is 11.3 Å². The molecule has 0 bridgehead atoms. The van der Waals surface area contributed by atoms with Crippen molar-refractivity contribution in [1.29, 1.82) is 0 Å². The summed E-state index contributed by atoms with van der Waals surface area (Å²) < 4.78 is 54.5. The van der Waals surface area contributed by atoms with E-state index in [4.69, 9.17) is 0 Å². The Kier molecular flexibility index (Phi) is 5.06. The van der Waals surface area contributed by atoms with Crippen LogP contribution >= 0.6 is 0 Å². The summed E-state index contributed by atoms with van der Waals surface area (Å²) in [5.74, 6) is -1.02. The lowest BCUT2D eigenvalue weighted by molar-refractivity contribution is -0.178. The largest absolute Gasteiger partial charge is 0.394 e. The van der Waals surface area contributed by atoms with Gasteiger partial charge in [-0.25, -0.2) is 9.97 Å². The summed E-state index contributed by atoms with van der Waals surface area (Å²) in [5.41, 5.74) is 1.59. The zero-order valence-corrected chi connectivity index (χ0v) is 15.7. The first-order valence-electron chi connectivity index (χ1n) is 8.90. The molecule has 0 radical (unpaired) electrons. The molecule has 1 atom stereocenters. The van der Waals surface area contributed by atoms with Crippen molar-refractivity contribution in [2.45, 2.75) is 12.6 Å². The number of nitrogens with zero attached hydrogens (tertiary/aromatic N) is 7. The Morgan fingerprint density at radius 1 is 1.13 bits per heavy atom. The normalized spacial score (nSPS) is 13.0. The number of rotatable bonds is 6. The van der Waals surface area contributed by atoms with Crippen LogP contribution in [-0.2, 0) is 13.5 Å². The van der Waals surface area contributed by atoms with Gasteiger partial charge in [-0.05, 0) is 18.2 Å². The zero-order valence-electron chi connectivity index (χ0n) is 15.7. The van der Waals surface area contributed by atoms with E-state index >= 15 is 0 Å². The summed E-state index contributed by atoms with van der Waals surface area (Å²) in [6.07, 6.45) is -0.474. The fourth-order valence-corrected chi connectivity index (χ4v) is 2.91. The van der Waals surface area contributed by atoms with Crippen LogP contribution in [0.4, 0.5) is 29.3 Å². The third kappa shape index (κ3) is 3.93. The highest BCUT2D eigenvalue weighted by Crippen LogP contribution is 2.29. The molecule has 0 aliphatic carbocycles. The first kappa shape index (κ1) is 19.7. The van der Waals surface area contributed by atoms with Crippen molar-refractivity contribution in [1.82, 2.24) is 34.3 Å². The molecule has 0 aliphatic heterocycles. The van der Waals surface area contributed by atoms with E-state index in [-0.39, 0.29) is 5.82 Å². The summed E-state index contributed by atoms with van der Waals surface area (Å²) in [6, 6.07) is 6.78. The molecular formula is C18H16F4N8. The van der Waals surface area contributed by atoms with Crippen molar-refractivity contribution in [3.63, 3.8) is 0 Å². The number of hydrogen-bond donors (Lipinski definition) is 1. The maximum atomic E-state index is 12.9. The quantitative estimate of drug-likeness (QED) is 0.482. The van der Waals surface area contributed by atoms with Gasteiger partial charge < -0.3 is 5.32 Å². The van der Waals surface area contributed by atoms with Gasteiger partial charge in [0.15, 0.2) is 5.65 Å². The standard InChI is InChI=1S/C18H16F4N8/c1-29-14(3-6-24-29)26-17-23-5-2-13(25-17)11-4-7-30-15(8-11)27-28-16(30)9-12(10-19)18(20,21)22/h2-8,12H,9-10H2,1H3,(H,23,25,26). The van der Waals surface area contributed by atoms with E-state index < -0.39 is 25.2 Å². The lowest BCUT2D eigenvalue weighted by Crippen LogP contribution is -2.27. The van der Waals surface area contributed by atoms with Gasteiger partial charge in [-0.3, -0.25) is 13.5 Å². The van der Waals surface area contributed by atoms with E-state index in [2.05, 4.69) is 30.6 Å². The van der Waals surface area contributed by atoms with Crippen molar-refractivity contribution < 1.29 is 17.6 Å². The summed E-state index contributed by atoms with van der Waals surface area (Å²) in [5, 5.41) is 14.8. The van der Waals surface area contributed by atoms with E-state index in [1.54, 1.807) is 54.6 Å². The van der Waals surface area contributed by atoms with Gasteiger partial charge in [0.25, 0.3) is 0 Å². The van der Waals surface area contributed by atoms with Crippen LogP contribution in [-0.4, -0.2) is 47.2 Å². The van der Waals surface area contributed by atoms with Crippen LogP contribution < -0.4 is 5.32 Å². The minimum atomic E-state index is -4.64. The molecule has 1 N–H and O–H groups in total. The van der Waals surface area contributed by atoms with E-state index in [0.717, 1.165) is 0 Å². The van der Waals surface area contributed by atoms with Crippen LogP contribution in [0.3, 0.4) is 0 Å². The third-order valence-electron chi connectivity index (χ3n) is 4.57. The van der Waals surface area contributed by atoms with Crippen LogP contribution in [0.1, 0.15) is 5.82 Å². The fourth-order valence-electron chi connectivity index (χ4n) is 2.91. The number of pyridine rings is 1. The van der Waals surface area contributed by atoms with Crippen molar-refractivity contribution in [2.75, 3.05) is 12.0 Å². The van der Waals surface area contributed by atoms with Crippen LogP contribution in [0.15, 0.2) is 42.9 Å². The number of anilines is 2. The maximum absolute atomic E-state index is 12.9. The van der Waals surface area contributed by atoms with Crippen molar-refractivity contribution in [2.24, 2.45) is 13.0 Å². The van der Waals surface area contributed by atoms with Crippen LogP contribution in [0.2, 0.25) is 0 Å². The molecular weight excluding hydrogens is 404 g/mol. The molecule has 30 heavy (non-hydrogen) atoms. The summed E-state index contributed by atoms with van der Waals surface area (Å²) in [7, 11) is 1.77. The van der Waals surface area contributed by atoms with E-state index in [9.17, 15) is 17.6 Å². The number of nitrogens with one attached hydrogen (secondary N) is 1. The van der Waals surface area contributed by atoms with Crippen molar-refractivity contribution >= 4 is 17.4 Å². The van der Waals surface area contributed by atoms with Crippen LogP contribution in [0.25, 0.3) is 16.9 Å². The Labute approximate surface area is 167 Å². The summed E-state index contributed by atoms with van der Waals surface area (Å²) in [4.78, 5) is 8.62. The Hall–Kier alpha value is -3.57. The summed E-state index contributed by atoms with van der Waals surface area (Å²) >= 11 is 0. The molecule has 4 aromatic heterocycles. The average Bonchev–Trinajstić information content (AvgIpc) is 3.31. The molecule has 0 saturated heterocycles. The number of fused-ring (bicyclic) bond motifs is 1. The Morgan fingerprint density at radius 3 is 2.67 bits per heavy atom. The highest BCUT2D eigenvalue weighted by atomic mass is 19.4. The summed E-state index contributed by atoms with van der Waals surface area (Å²) in [6.45, 7) is -1.51. The number of hydrogen-bond acceptors (Lipinski definition) is 6. The Morgan fingerprint density at radius 2 is 1.97 bits per heavy atom. The molecule has 4 aromatic rings. The minimum absolute atomic E-state index is 0.0396. The number of halogens is 4. The van der Waals surface area contributed by atoms with Crippen LogP contribution in [0.5, 0.6) is 0 Å². The van der Waals surface area contributed by atoms with E-state index in [1.807, 2.05) is 0 Å². The van der Waals surface area contributed by atoms with Gasteiger partial charge in [0.1, 0.15) is 18.3 Å². The first-order valence-corrected chi connectivity index (χ1v) is 8.90. The second kappa shape index (κ2) is 7.69. The van der Waals surface area contributed by atoms with Gasteiger partial charge in [-0.1, -0.05) is 0 Å². The third-order valence-corrected chi connectivity index (χ3v) is 4.57. The lowest BCUT2D eigenvalue weighted by atomic mass is 10.1. The number of aryl methyl sites for hydroxylation is 1. The van der Waals surface area contributed by atoms with Gasteiger partial charge >= 0.3 is 6.18 Å². The zero-order chi connectivity index (χ0) is 21.3. The minimum Gasteiger partial charge on any atom is -0.309 e.